The Balaban J connectivity index is 2.54. The number of nitrogens with one attached hydrogen (secondary N) is 1. The third-order valence-corrected chi connectivity index (χ3v) is 2.68. The van der Waals surface area contributed by atoms with Crippen LogP contribution in [0.25, 0.3) is 11.5 Å². The van der Waals surface area contributed by atoms with Gasteiger partial charge in [-0.2, -0.15) is 0 Å². The molecule has 2 aromatic rings. The second-order valence-electron chi connectivity index (χ2n) is 3.80. The molecule has 0 unspecified atom stereocenters. The first-order chi connectivity index (χ1) is 8.27. The summed E-state index contributed by atoms with van der Waals surface area (Å²) in [7, 11) is 1.97. The molecule has 1 N–H and O–H groups in total. The van der Waals surface area contributed by atoms with E-state index in [9.17, 15) is 0 Å². The van der Waals surface area contributed by atoms with Gasteiger partial charge in [0.05, 0.1) is 0 Å². The van der Waals surface area contributed by atoms with E-state index in [2.05, 4.69) is 34.1 Å². The zero-order valence-corrected chi connectivity index (χ0v) is 10.4. The van der Waals surface area contributed by atoms with Crippen LogP contribution in [0.4, 0.5) is 5.82 Å². The number of anilines is 1. The molecule has 0 saturated heterocycles. The summed E-state index contributed by atoms with van der Waals surface area (Å²) in [6.45, 7) is 5.01. The van der Waals surface area contributed by atoms with Crippen molar-refractivity contribution in [2.45, 2.75) is 20.3 Å². The van der Waals surface area contributed by atoms with E-state index in [1.807, 2.05) is 17.8 Å². The number of aryl methyl sites for hydroxylation is 1. The average Bonchev–Trinajstić information content (AvgIpc) is 2.75. The fourth-order valence-corrected chi connectivity index (χ4v) is 1.85. The van der Waals surface area contributed by atoms with E-state index in [1.54, 1.807) is 12.5 Å². The fourth-order valence-electron chi connectivity index (χ4n) is 1.85. The van der Waals surface area contributed by atoms with Crippen molar-refractivity contribution in [3.05, 3.63) is 24.3 Å². The summed E-state index contributed by atoms with van der Waals surface area (Å²) in [5, 5.41) is 3.26. The largest absolute Gasteiger partial charge is 0.370 e. The maximum Gasteiger partial charge on any atom is 0.158 e. The molecule has 5 nitrogen and oxygen atoms in total. The van der Waals surface area contributed by atoms with Gasteiger partial charge >= 0.3 is 0 Å². The third-order valence-electron chi connectivity index (χ3n) is 2.68. The van der Waals surface area contributed by atoms with Gasteiger partial charge in [0, 0.05) is 31.5 Å². The molecule has 17 heavy (non-hydrogen) atoms. The lowest BCUT2D eigenvalue weighted by Crippen LogP contribution is -2.07. The maximum atomic E-state index is 4.36. The van der Waals surface area contributed by atoms with E-state index in [4.69, 9.17) is 0 Å². The first-order valence-corrected chi connectivity index (χ1v) is 5.83. The highest BCUT2D eigenvalue weighted by molar-refractivity contribution is 5.63. The third kappa shape index (κ3) is 2.13. The summed E-state index contributed by atoms with van der Waals surface area (Å²) < 4.78 is 1.97. The first-order valence-electron chi connectivity index (χ1n) is 5.83. The Morgan fingerprint density at radius 3 is 2.65 bits per heavy atom. The minimum absolute atomic E-state index is 0.851. The van der Waals surface area contributed by atoms with Crippen LogP contribution < -0.4 is 5.32 Å². The van der Waals surface area contributed by atoms with Crippen LogP contribution in [0.15, 0.2) is 18.7 Å². The Hall–Kier alpha value is -1.91. The molecule has 90 valence electrons. The van der Waals surface area contributed by atoms with Crippen LogP contribution in [0.5, 0.6) is 0 Å². The van der Waals surface area contributed by atoms with Gasteiger partial charge < -0.3 is 9.88 Å². The van der Waals surface area contributed by atoms with Crippen molar-refractivity contribution in [1.29, 1.82) is 0 Å². The van der Waals surface area contributed by atoms with Crippen molar-refractivity contribution in [3.8, 4) is 11.5 Å². The van der Waals surface area contributed by atoms with Gasteiger partial charge in [-0.15, -0.1) is 0 Å². The zero-order chi connectivity index (χ0) is 12.3. The van der Waals surface area contributed by atoms with Crippen molar-refractivity contribution in [3.63, 3.8) is 0 Å². The van der Waals surface area contributed by atoms with Crippen LogP contribution in [0.2, 0.25) is 0 Å². The number of hydrogen-bond donors (Lipinski definition) is 1. The van der Waals surface area contributed by atoms with E-state index in [0.29, 0.717) is 0 Å². The highest BCUT2D eigenvalue weighted by Gasteiger charge is 2.14. The lowest BCUT2D eigenvalue weighted by molar-refractivity contribution is 0.905. The summed E-state index contributed by atoms with van der Waals surface area (Å²) >= 11 is 0. The van der Waals surface area contributed by atoms with Gasteiger partial charge in [0.15, 0.2) is 5.82 Å². The molecular formula is C12H17N5. The van der Waals surface area contributed by atoms with E-state index in [-0.39, 0.29) is 0 Å². The van der Waals surface area contributed by atoms with Crippen LogP contribution in [0.1, 0.15) is 19.4 Å². The Morgan fingerprint density at radius 2 is 2.06 bits per heavy atom. The van der Waals surface area contributed by atoms with Gasteiger partial charge in [-0.3, -0.25) is 0 Å². The SMILES string of the molecule is CCNc1ncnc(-c2nccn2C)c1CC. The first kappa shape index (κ1) is 11.6. The number of aromatic nitrogens is 4. The van der Waals surface area contributed by atoms with Crippen molar-refractivity contribution in [2.24, 2.45) is 7.05 Å². The molecule has 0 aliphatic heterocycles. The summed E-state index contributed by atoms with van der Waals surface area (Å²) in [4.78, 5) is 13.0. The van der Waals surface area contributed by atoms with Gasteiger partial charge in [0.25, 0.3) is 0 Å². The number of nitrogens with zero attached hydrogens (tertiary/aromatic N) is 4. The Morgan fingerprint density at radius 1 is 1.24 bits per heavy atom. The van der Waals surface area contributed by atoms with Crippen molar-refractivity contribution < 1.29 is 0 Å². The molecule has 2 aromatic heterocycles. The van der Waals surface area contributed by atoms with Gasteiger partial charge in [0.1, 0.15) is 17.8 Å². The molecule has 0 saturated carbocycles. The van der Waals surface area contributed by atoms with Crippen LogP contribution >= 0.6 is 0 Å². The monoisotopic (exact) mass is 231 g/mol. The lowest BCUT2D eigenvalue weighted by Gasteiger charge is -2.11. The second kappa shape index (κ2) is 4.95. The van der Waals surface area contributed by atoms with Crippen LogP contribution in [0, 0.1) is 0 Å². The Labute approximate surface area is 101 Å². The number of hydrogen-bond acceptors (Lipinski definition) is 4. The Bertz CT molecular complexity index is 503. The summed E-state index contributed by atoms with van der Waals surface area (Å²) in [6.07, 6.45) is 6.17. The van der Waals surface area contributed by atoms with Gasteiger partial charge in [-0.1, -0.05) is 6.92 Å². The summed E-state index contributed by atoms with van der Waals surface area (Å²) in [5.74, 6) is 1.78. The van der Waals surface area contributed by atoms with E-state index in [0.717, 1.165) is 35.9 Å². The molecule has 0 atom stereocenters. The smallest absolute Gasteiger partial charge is 0.158 e. The zero-order valence-electron chi connectivity index (χ0n) is 10.4. The molecule has 0 bridgehead atoms. The predicted molar refractivity (Wildman–Crippen MR) is 67.8 cm³/mol. The van der Waals surface area contributed by atoms with Crippen molar-refractivity contribution in [2.75, 3.05) is 11.9 Å². The topological polar surface area (TPSA) is 55.6 Å². The average molecular weight is 231 g/mol. The fraction of sp³-hybridized carbons (Fsp3) is 0.417. The summed E-state index contributed by atoms with van der Waals surface area (Å²) in [5.41, 5.74) is 2.02. The molecule has 0 fully saturated rings. The van der Waals surface area contributed by atoms with Gasteiger partial charge in [0.2, 0.25) is 0 Å². The van der Waals surface area contributed by atoms with E-state index in [1.165, 1.54) is 0 Å². The standard InChI is InChI=1S/C12H17N5/c1-4-9-10(12-14-6-7-17(12)3)15-8-16-11(9)13-5-2/h6-8H,4-5H2,1-3H3,(H,13,15,16). The molecule has 0 aliphatic rings. The predicted octanol–water partition coefficient (Wildman–Crippen LogP) is 1.87. The molecule has 0 amide bonds. The molecule has 2 heterocycles. The molecular weight excluding hydrogens is 214 g/mol. The highest BCUT2D eigenvalue weighted by atomic mass is 15.1. The molecule has 0 aromatic carbocycles. The maximum absolute atomic E-state index is 4.36. The van der Waals surface area contributed by atoms with Crippen LogP contribution in [-0.2, 0) is 13.5 Å². The van der Waals surface area contributed by atoms with E-state index >= 15 is 0 Å². The van der Waals surface area contributed by atoms with Crippen LogP contribution in [-0.4, -0.2) is 26.1 Å². The van der Waals surface area contributed by atoms with Crippen LogP contribution in [0.3, 0.4) is 0 Å². The van der Waals surface area contributed by atoms with E-state index < -0.39 is 0 Å². The molecule has 0 spiro atoms. The van der Waals surface area contributed by atoms with Gasteiger partial charge in [-0.05, 0) is 13.3 Å². The minimum atomic E-state index is 0.851. The highest BCUT2D eigenvalue weighted by Crippen LogP contribution is 2.24. The van der Waals surface area contributed by atoms with Crippen molar-refractivity contribution in [1.82, 2.24) is 19.5 Å². The molecule has 0 radical (unpaired) electrons. The molecule has 0 aliphatic carbocycles. The number of imidazole rings is 1. The number of rotatable bonds is 4. The molecule has 5 heteroatoms. The minimum Gasteiger partial charge on any atom is -0.370 e. The van der Waals surface area contributed by atoms with Gasteiger partial charge in [-0.25, -0.2) is 15.0 Å². The second-order valence-corrected chi connectivity index (χ2v) is 3.80. The lowest BCUT2D eigenvalue weighted by atomic mass is 10.1. The Kier molecular flexibility index (Phi) is 3.37. The molecule has 2 rings (SSSR count). The normalized spacial score (nSPS) is 10.5. The van der Waals surface area contributed by atoms with Crippen molar-refractivity contribution >= 4 is 5.82 Å². The summed E-state index contributed by atoms with van der Waals surface area (Å²) in [6, 6.07) is 0. The quantitative estimate of drug-likeness (QED) is 0.872.